The predicted molar refractivity (Wildman–Crippen MR) is 89.4 cm³/mol. The van der Waals surface area contributed by atoms with Gasteiger partial charge in [-0.15, -0.1) is 0 Å². The Labute approximate surface area is 140 Å². The zero-order chi connectivity index (χ0) is 16.8. The zero-order valence-electron chi connectivity index (χ0n) is 13.2. The molecule has 0 radical (unpaired) electrons. The van der Waals surface area contributed by atoms with Gasteiger partial charge in [0.15, 0.2) is 0 Å². The van der Waals surface area contributed by atoms with Gasteiger partial charge in [-0.05, 0) is 37.0 Å². The Bertz CT molecular complexity index is 544. The Hall–Kier alpha value is -1.53. The topological polar surface area (TPSA) is 64.6 Å². The average Bonchev–Trinajstić information content (AvgIpc) is 2.97. The van der Waals surface area contributed by atoms with E-state index in [0.717, 1.165) is 18.7 Å². The summed E-state index contributed by atoms with van der Waals surface area (Å²) in [4.78, 5) is 13.9. The molecule has 0 spiro atoms. The molecule has 0 bridgehead atoms. The average molecular weight is 344 g/mol. The Morgan fingerprint density at radius 1 is 1.57 bits per heavy atom. The normalized spacial score (nSPS) is 18.8. The maximum absolute atomic E-state index is 13.5. The van der Waals surface area contributed by atoms with Gasteiger partial charge in [-0.25, -0.2) is 9.18 Å². The summed E-state index contributed by atoms with van der Waals surface area (Å²) in [5.41, 5.74) is 0.771. The summed E-state index contributed by atoms with van der Waals surface area (Å²) in [6, 6.07) is 4.57. The fourth-order valence-electron chi connectivity index (χ4n) is 2.62. The SMILES string of the molecule is CC(CCO)CNC(=O)NC1CCN(c2ccc(Cl)c(F)c2)C1. The molecule has 1 saturated heterocycles. The summed E-state index contributed by atoms with van der Waals surface area (Å²) in [5, 5.41) is 14.7. The molecule has 3 N–H and O–H groups in total. The van der Waals surface area contributed by atoms with Crippen LogP contribution in [0.2, 0.25) is 5.02 Å². The number of nitrogens with one attached hydrogen (secondary N) is 2. The van der Waals surface area contributed by atoms with Crippen molar-refractivity contribution in [2.45, 2.75) is 25.8 Å². The van der Waals surface area contributed by atoms with E-state index in [4.69, 9.17) is 16.7 Å². The van der Waals surface area contributed by atoms with Gasteiger partial charge < -0.3 is 20.6 Å². The van der Waals surface area contributed by atoms with Gasteiger partial charge in [-0.1, -0.05) is 18.5 Å². The van der Waals surface area contributed by atoms with Crippen molar-refractivity contribution in [3.63, 3.8) is 0 Å². The van der Waals surface area contributed by atoms with Crippen molar-refractivity contribution < 1.29 is 14.3 Å². The fraction of sp³-hybridized carbons (Fsp3) is 0.562. The maximum Gasteiger partial charge on any atom is 0.315 e. The van der Waals surface area contributed by atoms with Crippen LogP contribution < -0.4 is 15.5 Å². The largest absolute Gasteiger partial charge is 0.396 e. The second kappa shape index (κ2) is 8.36. The first-order valence-electron chi connectivity index (χ1n) is 7.84. The number of carbonyl (C=O) groups excluding carboxylic acids is 1. The number of carbonyl (C=O) groups is 1. The number of nitrogens with zero attached hydrogens (tertiary/aromatic N) is 1. The van der Waals surface area contributed by atoms with E-state index in [-0.39, 0.29) is 29.6 Å². The third-order valence-corrected chi connectivity index (χ3v) is 4.33. The van der Waals surface area contributed by atoms with E-state index >= 15 is 0 Å². The summed E-state index contributed by atoms with van der Waals surface area (Å²) in [5.74, 6) is -0.195. The van der Waals surface area contributed by atoms with Gasteiger partial charge in [0, 0.05) is 38.0 Å². The van der Waals surface area contributed by atoms with E-state index in [1.165, 1.54) is 6.07 Å². The molecule has 1 heterocycles. The third kappa shape index (κ3) is 5.25. The number of aliphatic hydroxyl groups is 1. The molecule has 0 aliphatic carbocycles. The van der Waals surface area contributed by atoms with E-state index in [1.54, 1.807) is 12.1 Å². The minimum absolute atomic E-state index is 0.0295. The van der Waals surface area contributed by atoms with Gasteiger partial charge >= 0.3 is 6.03 Å². The van der Waals surface area contributed by atoms with E-state index in [1.807, 2.05) is 11.8 Å². The number of hydrogen-bond donors (Lipinski definition) is 3. The lowest BCUT2D eigenvalue weighted by Crippen LogP contribution is -2.44. The van der Waals surface area contributed by atoms with E-state index < -0.39 is 5.82 Å². The second-order valence-electron chi connectivity index (χ2n) is 6.00. The highest BCUT2D eigenvalue weighted by Gasteiger charge is 2.24. The quantitative estimate of drug-likeness (QED) is 0.743. The molecule has 7 heteroatoms. The van der Waals surface area contributed by atoms with E-state index in [0.29, 0.717) is 19.5 Å². The number of anilines is 1. The zero-order valence-corrected chi connectivity index (χ0v) is 13.9. The van der Waals surface area contributed by atoms with Crippen molar-refractivity contribution in [1.29, 1.82) is 0 Å². The molecule has 2 amide bonds. The summed E-state index contributed by atoms with van der Waals surface area (Å²) in [7, 11) is 0. The molecule has 2 unspecified atom stereocenters. The number of benzene rings is 1. The monoisotopic (exact) mass is 343 g/mol. The Kier molecular flexibility index (Phi) is 6.47. The lowest BCUT2D eigenvalue weighted by Gasteiger charge is -2.20. The van der Waals surface area contributed by atoms with Crippen molar-refractivity contribution in [1.82, 2.24) is 10.6 Å². The molecule has 1 aromatic rings. The van der Waals surface area contributed by atoms with Crippen LogP contribution in [0, 0.1) is 11.7 Å². The van der Waals surface area contributed by atoms with Gasteiger partial charge in [-0.3, -0.25) is 0 Å². The van der Waals surface area contributed by atoms with Crippen LogP contribution in [0.5, 0.6) is 0 Å². The van der Waals surface area contributed by atoms with Crippen LogP contribution in [-0.4, -0.2) is 43.4 Å². The Balaban J connectivity index is 1.78. The molecule has 1 aromatic carbocycles. The lowest BCUT2D eigenvalue weighted by molar-refractivity contribution is 0.231. The van der Waals surface area contributed by atoms with E-state index in [2.05, 4.69) is 10.6 Å². The highest BCUT2D eigenvalue weighted by molar-refractivity contribution is 6.30. The summed E-state index contributed by atoms with van der Waals surface area (Å²) < 4.78 is 13.5. The maximum atomic E-state index is 13.5. The molecule has 2 rings (SSSR count). The van der Waals surface area contributed by atoms with Crippen LogP contribution in [0.1, 0.15) is 19.8 Å². The van der Waals surface area contributed by atoms with Crippen LogP contribution in [0.25, 0.3) is 0 Å². The Morgan fingerprint density at radius 2 is 2.35 bits per heavy atom. The minimum atomic E-state index is -0.434. The number of aliphatic hydroxyl groups excluding tert-OH is 1. The number of urea groups is 1. The van der Waals surface area contributed by atoms with E-state index in [9.17, 15) is 9.18 Å². The molecule has 0 aromatic heterocycles. The third-order valence-electron chi connectivity index (χ3n) is 4.02. The van der Waals surface area contributed by atoms with Gasteiger partial charge in [0.2, 0.25) is 0 Å². The molecule has 23 heavy (non-hydrogen) atoms. The molecule has 5 nitrogen and oxygen atoms in total. The molecule has 1 aliphatic heterocycles. The Morgan fingerprint density at radius 3 is 3.04 bits per heavy atom. The van der Waals surface area contributed by atoms with Crippen molar-refractivity contribution in [3.05, 3.63) is 29.0 Å². The van der Waals surface area contributed by atoms with Gasteiger partial charge in [-0.2, -0.15) is 0 Å². The molecule has 128 valence electrons. The summed E-state index contributed by atoms with van der Waals surface area (Å²) >= 11 is 5.69. The standard InChI is InChI=1S/C16H23ClFN3O2/c1-11(5-7-22)9-19-16(23)20-12-4-6-21(10-12)13-2-3-14(17)15(18)8-13/h2-3,8,11-12,22H,4-7,9-10H2,1H3,(H2,19,20,23). The molecular weight excluding hydrogens is 321 g/mol. The summed E-state index contributed by atoms with van der Waals surface area (Å²) in [6.45, 7) is 4.03. The van der Waals surface area contributed by atoms with Gasteiger partial charge in [0.1, 0.15) is 5.82 Å². The van der Waals surface area contributed by atoms with Crippen LogP contribution in [-0.2, 0) is 0 Å². The highest BCUT2D eigenvalue weighted by Crippen LogP contribution is 2.24. The number of halogens is 2. The summed E-state index contributed by atoms with van der Waals surface area (Å²) in [6.07, 6.45) is 1.48. The smallest absolute Gasteiger partial charge is 0.315 e. The van der Waals surface area contributed by atoms with Crippen LogP contribution in [0.3, 0.4) is 0 Å². The molecule has 0 saturated carbocycles. The molecule has 1 fully saturated rings. The van der Waals surface area contributed by atoms with Crippen molar-refractivity contribution in [2.75, 3.05) is 31.1 Å². The number of amides is 2. The molecule has 1 aliphatic rings. The first-order chi connectivity index (χ1) is 11.0. The van der Waals surface area contributed by atoms with Crippen molar-refractivity contribution in [2.24, 2.45) is 5.92 Å². The molecular formula is C16H23ClFN3O2. The van der Waals surface area contributed by atoms with Crippen molar-refractivity contribution >= 4 is 23.3 Å². The highest BCUT2D eigenvalue weighted by atomic mass is 35.5. The number of rotatable bonds is 6. The fourth-order valence-corrected chi connectivity index (χ4v) is 2.74. The van der Waals surface area contributed by atoms with Gasteiger partial charge in [0.25, 0.3) is 0 Å². The van der Waals surface area contributed by atoms with Crippen molar-refractivity contribution in [3.8, 4) is 0 Å². The second-order valence-corrected chi connectivity index (χ2v) is 6.41. The lowest BCUT2D eigenvalue weighted by atomic mass is 10.1. The van der Waals surface area contributed by atoms with Crippen LogP contribution in [0.15, 0.2) is 18.2 Å². The van der Waals surface area contributed by atoms with Gasteiger partial charge in [0.05, 0.1) is 5.02 Å². The van der Waals surface area contributed by atoms with Crippen LogP contribution >= 0.6 is 11.6 Å². The predicted octanol–water partition coefficient (Wildman–Crippen LogP) is 2.38. The first-order valence-corrected chi connectivity index (χ1v) is 8.22. The van der Waals surface area contributed by atoms with Crippen LogP contribution in [0.4, 0.5) is 14.9 Å². The molecule has 2 atom stereocenters. The minimum Gasteiger partial charge on any atom is -0.396 e. The first kappa shape index (κ1) is 17.8. The number of hydrogen-bond acceptors (Lipinski definition) is 3.